The largest absolute Gasteiger partial charge is 0.362 e. The maximum absolute atomic E-state index is 12.7. The molecule has 0 fully saturated rings. The number of carbonyl (C=O) groups is 1. The predicted octanol–water partition coefficient (Wildman–Crippen LogP) is 4.56. The van der Waals surface area contributed by atoms with Crippen molar-refractivity contribution < 1.29 is 4.79 Å². The van der Waals surface area contributed by atoms with Crippen LogP contribution >= 0.6 is 22.7 Å². The van der Waals surface area contributed by atoms with Gasteiger partial charge in [-0.2, -0.15) is 0 Å². The number of fused-ring (bicyclic) bond motifs is 1. The van der Waals surface area contributed by atoms with Crippen molar-refractivity contribution in [1.82, 2.24) is 20.3 Å². The molecule has 142 valence electrons. The molecule has 0 aromatic carbocycles. The summed E-state index contributed by atoms with van der Waals surface area (Å²) < 4.78 is 0. The summed E-state index contributed by atoms with van der Waals surface area (Å²) in [4.78, 5) is 28.3. The van der Waals surface area contributed by atoms with Crippen LogP contribution in [0.4, 0.5) is 5.82 Å². The number of thiophene rings is 2. The van der Waals surface area contributed by atoms with Gasteiger partial charge in [-0.25, -0.2) is 9.97 Å². The van der Waals surface area contributed by atoms with Crippen LogP contribution in [0.25, 0.3) is 10.2 Å². The zero-order valence-corrected chi connectivity index (χ0v) is 17.1. The Hall–Kier alpha value is -2.84. The number of pyridine rings is 1. The van der Waals surface area contributed by atoms with Crippen LogP contribution in [0.3, 0.4) is 0 Å². The summed E-state index contributed by atoms with van der Waals surface area (Å²) in [6.07, 6.45) is 4.98. The van der Waals surface area contributed by atoms with E-state index in [4.69, 9.17) is 0 Å². The zero-order valence-electron chi connectivity index (χ0n) is 15.5. The van der Waals surface area contributed by atoms with Crippen molar-refractivity contribution in [1.29, 1.82) is 0 Å². The molecule has 0 spiro atoms. The molecular weight excluding hydrogens is 390 g/mol. The molecule has 0 saturated heterocycles. The summed E-state index contributed by atoms with van der Waals surface area (Å²) in [6.45, 7) is 4.51. The monoisotopic (exact) mass is 409 g/mol. The summed E-state index contributed by atoms with van der Waals surface area (Å²) in [5, 5.41) is 9.41. The molecule has 0 aliphatic carbocycles. The van der Waals surface area contributed by atoms with Gasteiger partial charge in [-0.3, -0.25) is 9.78 Å². The van der Waals surface area contributed by atoms with E-state index in [2.05, 4.69) is 44.0 Å². The second-order valence-electron chi connectivity index (χ2n) is 6.38. The number of amides is 1. The SMILES string of the molecule is Cc1c(C(=O)NCc2ccncc2)sc2ncnc(NC(C)c3cccs3)c12. The van der Waals surface area contributed by atoms with Crippen molar-refractivity contribution in [2.24, 2.45) is 0 Å². The van der Waals surface area contributed by atoms with Gasteiger partial charge in [0, 0.05) is 23.8 Å². The van der Waals surface area contributed by atoms with Crippen LogP contribution in [0.15, 0.2) is 48.4 Å². The van der Waals surface area contributed by atoms with E-state index in [1.54, 1.807) is 30.1 Å². The summed E-state index contributed by atoms with van der Waals surface area (Å²) in [7, 11) is 0. The number of nitrogens with one attached hydrogen (secondary N) is 2. The van der Waals surface area contributed by atoms with E-state index < -0.39 is 0 Å². The molecule has 0 aliphatic rings. The lowest BCUT2D eigenvalue weighted by Gasteiger charge is -2.13. The Labute approximate surface area is 170 Å². The van der Waals surface area contributed by atoms with Gasteiger partial charge in [0.25, 0.3) is 5.91 Å². The molecule has 0 aliphatic heterocycles. The smallest absolute Gasteiger partial charge is 0.261 e. The molecule has 8 heteroatoms. The third-order valence-corrected chi connectivity index (χ3v) is 6.71. The van der Waals surface area contributed by atoms with E-state index >= 15 is 0 Å². The lowest BCUT2D eigenvalue weighted by molar-refractivity contribution is 0.0954. The topological polar surface area (TPSA) is 79.8 Å². The Morgan fingerprint density at radius 2 is 2.04 bits per heavy atom. The Morgan fingerprint density at radius 3 is 2.79 bits per heavy atom. The average molecular weight is 410 g/mol. The van der Waals surface area contributed by atoms with Gasteiger partial charge in [0.15, 0.2) is 0 Å². The minimum Gasteiger partial charge on any atom is -0.362 e. The van der Waals surface area contributed by atoms with Crippen LogP contribution in [-0.2, 0) is 6.54 Å². The molecular formula is C20H19N5OS2. The van der Waals surface area contributed by atoms with Crippen LogP contribution in [0.1, 0.15) is 38.6 Å². The van der Waals surface area contributed by atoms with Gasteiger partial charge in [0.1, 0.15) is 17.0 Å². The standard InChI is InChI=1S/C20H19N5OS2/c1-12-16-18(25-13(2)15-4-3-9-27-15)23-11-24-20(16)28-17(12)19(26)22-10-14-5-7-21-8-6-14/h3-9,11,13H,10H2,1-2H3,(H,22,26)(H,23,24,25). The van der Waals surface area contributed by atoms with Gasteiger partial charge < -0.3 is 10.6 Å². The highest BCUT2D eigenvalue weighted by atomic mass is 32.1. The second kappa shape index (κ2) is 8.04. The van der Waals surface area contributed by atoms with Crippen molar-refractivity contribution in [3.8, 4) is 0 Å². The van der Waals surface area contributed by atoms with Crippen molar-refractivity contribution >= 4 is 44.6 Å². The summed E-state index contributed by atoms with van der Waals surface area (Å²) in [5.74, 6) is 0.655. The maximum Gasteiger partial charge on any atom is 0.261 e. The molecule has 4 heterocycles. The summed E-state index contributed by atoms with van der Waals surface area (Å²) >= 11 is 3.10. The molecule has 2 N–H and O–H groups in total. The van der Waals surface area contributed by atoms with E-state index in [1.165, 1.54) is 16.2 Å². The summed E-state index contributed by atoms with van der Waals surface area (Å²) in [5.41, 5.74) is 1.91. The summed E-state index contributed by atoms with van der Waals surface area (Å²) in [6, 6.07) is 8.03. The molecule has 0 radical (unpaired) electrons. The first-order valence-electron chi connectivity index (χ1n) is 8.84. The molecule has 4 rings (SSSR count). The lowest BCUT2D eigenvalue weighted by atomic mass is 10.1. The van der Waals surface area contributed by atoms with Gasteiger partial charge in [-0.05, 0) is 48.6 Å². The van der Waals surface area contributed by atoms with Gasteiger partial charge in [-0.1, -0.05) is 6.07 Å². The number of hydrogen-bond donors (Lipinski definition) is 2. The first-order chi connectivity index (χ1) is 13.6. The molecule has 0 saturated carbocycles. The molecule has 28 heavy (non-hydrogen) atoms. The molecule has 6 nitrogen and oxygen atoms in total. The minimum atomic E-state index is -0.102. The maximum atomic E-state index is 12.7. The number of carbonyl (C=O) groups excluding carboxylic acids is 1. The number of rotatable bonds is 6. The Bertz CT molecular complexity index is 1090. The number of aromatic nitrogens is 3. The van der Waals surface area contributed by atoms with Crippen molar-refractivity contribution in [3.63, 3.8) is 0 Å². The first-order valence-corrected chi connectivity index (χ1v) is 10.5. The molecule has 4 aromatic rings. The van der Waals surface area contributed by atoms with Gasteiger partial charge in [0.2, 0.25) is 0 Å². The highest BCUT2D eigenvalue weighted by molar-refractivity contribution is 7.20. The number of anilines is 1. The predicted molar refractivity (Wildman–Crippen MR) is 114 cm³/mol. The van der Waals surface area contributed by atoms with Crippen molar-refractivity contribution in [3.05, 3.63) is 69.2 Å². The zero-order chi connectivity index (χ0) is 19.5. The third-order valence-electron chi connectivity index (χ3n) is 4.46. The fourth-order valence-corrected chi connectivity index (χ4v) is 4.77. The molecule has 0 bridgehead atoms. The van der Waals surface area contributed by atoms with Crippen molar-refractivity contribution in [2.75, 3.05) is 5.32 Å². The lowest BCUT2D eigenvalue weighted by Crippen LogP contribution is -2.22. The number of aryl methyl sites for hydroxylation is 1. The van der Waals surface area contributed by atoms with E-state index in [1.807, 2.05) is 25.1 Å². The first kappa shape index (κ1) is 18.5. The second-order valence-corrected chi connectivity index (χ2v) is 8.36. The van der Waals surface area contributed by atoms with E-state index in [-0.39, 0.29) is 11.9 Å². The van der Waals surface area contributed by atoms with Gasteiger partial charge >= 0.3 is 0 Å². The highest BCUT2D eigenvalue weighted by Crippen LogP contribution is 2.35. The normalized spacial score (nSPS) is 12.1. The fourth-order valence-electron chi connectivity index (χ4n) is 2.97. The highest BCUT2D eigenvalue weighted by Gasteiger charge is 2.20. The average Bonchev–Trinajstić information content (AvgIpc) is 3.36. The third kappa shape index (κ3) is 3.74. The van der Waals surface area contributed by atoms with Crippen LogP contribution in [-0.4, -0.2) is 20.9 Å². The Kier molecular flexibility index (Phi) is 5.31. The van der Waals surface area contributed by atoms with Crippen LogP contribution in [0.2, 0.25) is 0 Å². The van der Waals surface area contributed by atoms with E-state index in [0.29, 0.717) is 11.4 Å². The number of nitrogens with zero attached hydrogens (tertiary/aromatic N) is 3. The Morgan fingerprint density at radius 1 is 1.21 bits per heavy atom. The van der Waals surface area contributed by atoms with Crippen LogP contribution in [0, 0.1) is 6.92 Å². The quantitative estimate of drug-likeness (QED) is 0.488. The van der Waals surface area contributed by atoms with Crippen LogP contribution < -0.4 is 10.6 Å². The van der Waals surface area contributed by atoms with Crippen molar-refractivity contribution in [2.45, 2.75) is 26.4 Å². The number of hydrogen-bond acceptors (Lipinski definition) is 7. The van der Waals surface area contributed by atoms with Gasteiger partial charge in [-0.15, -0.1) is 22.7 Å². The minimum absolute atomic E-state index is 0.102. The molecule has 1 unspecified atom stereocenters. The molecule has 4 aromatic heterocycles. The van der Waals surface area contributed by atoms with Gasteiger partial charge in [0.05, 0.1) is 16.3 Å². The van der Waals surface area contributed by atoms with E-state index in [9.17, 15) is 4.79 Å². The Balaban J connectivity index is 1.59. The van der Waals surface area contributed by atoms with E-state index in [0.717, 1.165) is 27.2 Å². The molecule has 1 atom stereocenters. The molecule has 1 amide bonds. The van der Waals surface area contributed by atoms with Crippen LogP contribution in [0.5, 0.6) is 0 Å². The fraction of sp³-hybridized carbons (Fsp3) is 0.200.